The molecular formula is C25H33NO2. The third-order valence-corrected chi connectivity index (χ3v) is 4.54. The largest absolute Gasteiger partial charge is 0.376 e. The topological polar surface area (TPSA) is 30.8 Å². The van der Waals surface area contributed by atoms with Gasteiger partial charge in [-0.25, -0.2) is 0 Å². The zero-order chi connectivity index (χ0) is 20.1. The van der Waals surface area contributed by atoms with Crippen LogP contribution in [0.5, 0.6) is 0 Å². The highest BCUT2D eigenvalue weighted by molar-refractivity contribution is 5.58. The van der Waals surface area contributed by atoms with Crippen LogP contribution in [0.15, 0.2) is 78.3 Å². The first-order valence-corrected chi connectivity index (χ1v) is 9.99. The van der Waals surface area contributed by atoms with Gasteiger partial charge in [-0.2, -0.15) is 0 Å². The lowest BCUT2D eigenvalue weighted by Gasteiger charge is -2.31. The number of hydrogen-bond acceptors (Lipinski definition) is 3. The van der Waals surface area contributed by atoms with Crippen LogP contribution in [-0.4, -0.2) is 25.5 Å². The van der Waals surface area contributed by atoms with Crippen molar-refractivity contribution >= 4 is 6.21 Å². The minimum absolute atomic E-state index is 0.163. The second-order valence-electron chi connectivity index (χ2n) is 7.58. The third kappa shape index (κ3) is 8.20. The normalized spacial score (nSPS) is 12.0. The van der Waals surface area contributed by atoms with Crippen molar-refractivity contribution < 1.29 is 9.47 Å². The molecule has 0 radical (unpaired) electrons. The Bertz CT molecular complexity index is 650. The summed E-state index contributed by atoms with van der Waals surface area (Å²) in [7, 11) is 0. The van der Waals surface area contributed by atoms with E-state index in [1.807, 2.05) is 48.7 Å². The number of rotatable bonds is 13. The lowest BCUT2D eigenvalue weighted by atomic mass is 9.83. The molecule has 28 heavy (non-hydrogen) atoms. The van der Waals surface area contributed by atoms with Gasteiger partial charge in [0.2, 0.25) is 0 Å². The molecule has 2 aromatic carbocycles. The Morgan fingerprint density at radius 1 is 0.857 bits per heavy atom. The van der Waals surface area contributed by atoms with E-state index >= 15 is 0 Å². The summed E-state index contributed by atoms with van der Waals surface area (Å²) >= 11 is 0. The summed E-state index contributed by atoms with van der Waals surface area (Å²) in [6.45, 7) is 10.5. The maximum absolute atomic E-state index is 6.11. The lowest BCUT2D eigenvalue weighted by Crippen LogP contribution is -2.33. The Hall–Kier alpha value is -2.23. The van der Waals surface area contributed by atoms with E-state index in [1.165, 1.54) is 11.1 Å². The predicted molar refractivity (Wildman–Crippen MR) is 118 cm³/mol. The zero-order valence-electron chi connectivity index (χ0n) is 17.2. The second-order valence-corrected chi connectivity index (χ2v) is 7.58. The molecule has 0 amide bonds. The number of allylic oxidation sites excluding steroid dienone is 1. The van der Waals surface area contributed by atoms with E-state index in [4.69, 9.17) is 9.47 Å². The molecule has 0 bridgehead atoms. The molecule has 3 nitrogen and oxygen atoms in total. The van der Waals surface area contributed by atoms with Crippen molar-refractivity contribution in [1.82, 2.24) is 0 Å². The Labute approximate surface area is 170 Å². The van der Waals surface area contributed by atoms with E-state index in [0.29, 0.717) is 26.4 Å². The van der Waals surface area contributed by atoms with Crippen LogP contribution < -0.4 is 0 Å². The van der Waals surface area contributed by atoms with Crippen molar-refractivity contribution in [1.29, 1.82) is 0 Å². The smallest absolute Gasteiger partial charge is 0.0717 e. The number of hydrogen-bond donors (Lipinski definition) is 0. The van der Waals surface area contributed by atoms with E-state index in [2.05, 4.69) is 49.7 Å². The Morgan fingerprint density at radius 2 is 1.36 bits per heavy atom. The van der Waals surface area contributed by atoms with Gasteiger partial charge in [0.15, 0.2) is 0 Å². The van der Waals surface area contributed by atoms with E-state index in [-0.39, 0.29) is 11.5 Å². The molecule has 3 heteroatoms. The molecule has 0 N–H and O–H groups in total. The van der Waals surface area contributed by atoms with Crippen LogP contribution in [0.1, 0.15) is 37.8 Å². The molecule has 0 heterocycles. The van der Waals surface area contributed by atoms with Crippen molar-refractivity contribution in [3.8, 4) is 0 Å². The van der Waals surface area contributed by atoms with Crippen LogP contribution in [0, 0.1) is 5.41 Å². The standard InChI is InChI=1S/C25H33NO2/c1-4-15-25(16-17-26-22(2)3,20-27-18-23-11-7-5-8-12-23)21-28-19-24-13-9-6-10-14-24/h4-14,17,22H,1,15-16,18-21H2,2-3H3. The van der Waals surface area contributed by atoms with Gasteiger partial charge in [-0.15, -0.1) is 6.58 Å². The van der Waals surface area contributed by atoms with E-state index in [9.17, 15) is 0 Å². The van der Waals surface area contributed by atoms with Gasteiger partial charge in [-0.1, -0.05) is 66.7 Å². The Kier molecular flexibility index (Phi) is 9.67. The van der Waals surface area contributed by atoms with Crippen LogP contribution >= 0.6 is 0 Å². The molecule has 0 fully saturated rings. The van der Waals surface area contributed by atoms with Crippen LogP contribution in [0.2, 0.25) is 0 Å². The molecule has 0 saturated carbocycles. The maximum Gasteiger partial charge on any atom is 0.0717 e. The zero-order valence-corrected chi connectivity index (χ0v) is 17.2. The number of aliphatic imine (C=N–C) groups is 1. The van der Waals surface area contributed by atoms with Gasteiger partial charge in [-0.05, 0) is 44.0 Å². The third-order valence-electron chi connectivity index (χ3n) is 4.54. The fourth-order valence-corrected chi connectivity index (χ4v) is 3.04. The summed E-state index contributed by atoms with van der Waals surface area (Å²) in [5.74, 6) is 0. The molecule has 0 atom stereocenters. The summed E-state index contributed by atoms with van der Waals surface area (Å²) in [6.07, 6.45) is 5.61. The van der Waals surface area contributed by atoms with Crippen molar-refractivity contribution in [2.24, 2.45) is 10.4 Å². The van der Waals surface area contributed by atoms with Crippen molar-refractivity contribution in [2.45, 2.75) is 45.9 Å². The summed E-state index contributed by atoms with van der Waals surface area (Å²) in [4.78, 5) is 4.55. The summed E-state index contributed by atoms with van der Waals surface area (Å²) in [6, 6.07) is 20.8. The molecule has 0 unspecified atom stereocenters. The molecular weight excluding hydrogens is 346 g/mol. The first kappa shape index (κ1) is 22.1. The highest BCUT2D eigenvalue weighted by atomic mass is 16.5. The maximum atomic E-state index is 6.11. The Balaban J connectivity index is 2.00. The number of ether oxygens (including phenoxy) is 2. The van der Waals surface area contributed by atoms with Crippen molar-refractivity contribution in [3.63, 3.8) is 0 Å². The SMILES string of the molecule is C=CCC(CC=NC(C)C)(COCc1ccccc1)COCc1ccccc1. The van der Waals surface area contributed by atoms with Gasteiger partial charge in [0.1, 0.15) is 0 Å². The molecule has 0 saturated heterocycles. The van der Waals surface area contributed by atoms with Crippen LogP contribution in [0.3, 0.4) is 0 Å². The van der Waals surface area contributed by atoms with Gasteiger partial charge in [-0.3, -0.25) is 4.99 Å². The van der Waals surface area contributed by atoms with Crippen molar-refractivity contribution in [3.05, 3.63) is 84.4 Å². The molecule has 0 aliphatic rings. The molecule has 0 aromatic heterocycles. The fourth-order valence-electron chi connectivity index (χ4n) is 3.04. The average molecular weight is 380 g/mol. The quantitative estimate of drug-likeness (QED) is 0.323. The van der Waals surface area contributed by atoms with Crippen molar-refractivity contribution in [2.75, 3.05) is 13.2 Å². The average Bonchev–Trinajstić information content (AvgIpc) is 2.69. The summed E-state index contributed by atoms with van der Waals surface area (Å²) < 4.78 is 12.2. The first-order chi connectivity index (χ1) is 13.6. The van der Waals surface area contributed by atoms with Crippen LogP contribution in [0.25, 0.3) is 0 Å². The first-order valence-electron chi connectivity index (χ1n) is 9.99. The van der Waals surface area contributed by atoms with Gasteiger partial charge in [0.25, 0.3) is 0 Å². The lowest BCUT2D eigenvalue weighted by molar-refractivity contribution is -0.0277. The van der Waals surface area contributed by atoms with Gasteiger partial charge in [0, 0.05) is 11.5 Å². The monoisotopic (exact) mass is 379 g/mol. The highest BCUT2D eigenvalue weighted by Crippen LogP contribution is 2.29. The van der Waals surface area contributed by atoms with E-state index in [1.54, 1.807) is 0 Å². The van der Waals surface area contributed by atoms with Gasteiger partial charge < -0.3 is 9.47 Å². The van der Waals surface area contributed by atoms with E-state index < -0.39 is 0 Å². The van der Waals surface area contributed by atoms with Gasteiger partial charge >= 0.3 is 0 Å². The Morgan fingerprint density at radius 3 is 1.79 bits per heavy atom. The fraction of sp³-hybridized carbons (Fsp3) is 0.400. The molecule has 2 aromatic rings. The molecule has 0 aliphatic carbocycles. The predicted octanol–water partition coefficient (Wildman–Crippen LogP) is 5.85. The molecule has 2 rings (SSSR count). The summed E-state index contributed by atoms with van der Waals surface area (Å²) in [5, 5.41) is 0. The van der Waals surface area contributed by atoms with Crippen LogP contribution in [0.4, 0.5) is 0 Å². The van der Waals surface area contributed by atoms with E-state index in [0.717, 1.165) is 12.8 Å². The summed E-state index contributed by atoms with van der Waals surface area (Å²) in [5.41, 5.74) is 2.19. The second kappa shape index (κ2) is 12.3. The number of benzene rings is 2. The van der Waals surface area contributed by atoms with Gasteiger partial charge in [0.05, 0.1) is 26.4 Å². The molecule has 0 aliphatic heterocycles. The molecule has 150 valence electrons. The highest BCUT2D eigenvalue weighted by Gasteiger charge is 2.29. The molecule has 0 spiro atoms. The minimum atomic E-state index is -0.163. The van der Waals surface area contributed by atoms with Crippen LogP contribution in [-0.2, 0) is 22.7 Å². The number of nitrogens with zero attached hydrogens (tertiary/aromatic N) is 1. The minimum Gasteiger partial charge on any atom is -0.376 e.